The first-order valence-electron chi connectivity index (χ1n) is 9.72. The third kappa shape index (κ3) is 5.00. The predicted octanol–water partition coefficient (Wildman–Crippen LogP) is 4.49. The van der Waals surface area contributed by atoms with Gasteiger partial charge in [-0.1, -0.05) is 53.7 Å². The third-order valence-corrected chi connectivity index (χ3v) is 6.06. The molecule has 6 nitrogen and oxygen atoms in total. The van der Waals surface area contributed by atoms with E-state index in [0.29, 0.717) is 33.4 Å². The van der Waals surface area contributed by atoms with Crippen molar-refractivity contribution in [3.8, 4) is 0 Å². The first-order chi connectivity index (χ1) is 15.0. The molecular weight excluding hydrogens is 434 g/mol. The number of amides is 1. The lowest BCUT2D eigenvalue weighted by Crippen LogP contribution is -2.31. The maximum absolute atomic E-state index is 13.2. The van der Waals surface area contributed by atoms with Crippen molar-refractivity contribution in [2.45, 2.75) is 30.4 Å². The van der Waals surface area contributed by atoms with Gasteiger partial charge < -0.3 is 9.73 Å². The smallest absolute Gasteiger partial charge is 0.262 e. The summed E-state index contributed by atoms with van der Waals surface area (Å²) in [5.74, 6) is 0.485. The average Bonchev–Trinajstić information content (AvgIpc) is 3.28. The molecule has 158 valence electrons. The molecule has 2 aromatic carbocycles. The molecule has 31 heavy (non-hydrogen) atoms. The lowest BCUT2D eigenvalue weighted by Gasteiger charge is -2.16. The Kier molecular flexibility index (Phi) is 6.44. The molecule has 1 N–H and O–H groups in total. The van der Waals surface area contributed by atoms with E-state index in [4.69, 9.17) is 16.0 Å². The Labute approximate surface area is 188 Å². The van der Waals surface area contributed by atoms with E-state index < -0.39 is 5.25 Å². The number of benzene rings is 2. The summed E-state index contributed by atoms with van der Waals surface area (Å²) in [6, 6.07) is 18.2. The van der Waals surface area contributed by atoms with E-state index in [9.17, 15) is 9.59 Å². The van der Waals surface area contributed by atoms with Gasteiger partial charge in [0, 0.05) is 11.6 Å². The maximum atomic E-state index is 13.2. The second-order valence-corrected chi connectivity index (χ2v) is 8.73. The van der Waals surface area contributed by atoms with Gasteiger partial charge in [0.05, 0.1) is 29.0 Å². The number of furan rings is 1. The Morgan fingerprint density at radius 3 is 2.74 bits per heavy atom. The zero-order chi connectivity index (χ0) is 21.8. The molecule has 1 atom stereocenters. The van der Waals surface area contributed by atoms with Gasteiger partial charge >= 0.3 is 0 Å². The van der Waals surface area contributed by atoms with Crippen LogP contribution in [0.4, 0.5) is 0 Å². The van der Waals surface area contributed by atoms with Crippen LogP contribution in [0.2, 0.25) is 5.02 Å². The van der Waals surface area contributed by atoms with Crippen LogP contribution in [0.3, 0.4) is 0 Å². The molecule has 1 unspecified atom stereocenters. The molecule has 0 saturated carbocycles. The number of carbonyl (C=O) groups excluding carboxylic acids is 1. The van der Waals surface area contributed by atoms with Gasteiger partial charge in [-0.05, 0) is 42.8 Å². The number of halogens is 1. The largest absolute Gasteiger partial charge is 0.467 e. The minimum atomic E-state index is -0.463. The van der Waals surface area contributed by atoms with Crippen molar-refractivity contribution in [3.05, 3.63) is 93.6 Å². The number of aromatic nitrogens is 2. The van der Waals surface area contributed by atoms with Gasteiger partial charge in [0.2, 0.25) is 5.91 Å². The van der Waals surface area contributed by atoms with Crippen molar-refractivity contribution in [3.63, 3.8) is 0 Å². The molecule has 2 aromatic heterocycles. The average molecular weight is 454 g/mol. The van der Waals surface area contributed by atoms with Gasteiger partial charge in [-0.3, -0.25) is 14.2 Å². The lowest BCUT2D eigenvalue weighted by atomic mass is 10.2. The Morgan fingerprint density at radius 1 is 1.19 bits per heavy atom. The van der Waals surface area contributed by atoms with Crippen LogP contribution in [0, 0.1) is 0 Å². The number of rotatable bonds is 7. The van der Waals surface area contributed by atoms with Crippen LogP contribution in [0.15, 0.2) is 81.3 Å². The summed E-state index contributed by atoms with van der Waals surface area (Å²) in [5.41, 5.74) is 1.30. The van der Waals surface area contributed by atoms with Crippen LogP contribution < -0.4 is 10.9 Å². The van der Waals surface area contributed by atoms with Crippen molar-refractivity contribution in [1.82, 2.24) is 14.9 Å². The molecular formula is C23H20ClN3O3S. The maximum Gasteiger partial charge on any atom is 0.262 e. The van der Waals surface area contributed by atoms with Crippen molar-refractivity contribution in [2.75, 3.05) is 0 Å². The fourth-order valence-corrected chi connectivity index (χ4v) is 4.20. The fraction of sp³-hybridized carbons (Fsp3) is 0.174. The van der Waals surface area contributed by atoms with Crippen LogP contribution in [-0.2, 0) is 17.9 Å². The molecule has 0 saturated heterocycles. The highest BCUT2D eigenvalue weighted by Gasteiger charge is 2.20. The van der Waals surface area contributed by atoms with Crippen LogP contribution >= 0.6 is 23.4 Å². The van der Waals surface area contributed by atoms with Crippen molar-refractivity contribution in [1.29, 1.82) is 0 Å². The van der Waals surface area contributed by atoms with Gasteiger partial charge in [-0.15, -0.1) is 0 Å². The van der Waals surface area contributed by atoms with Gasteiger partial charge in [-0.2, -0.15) is 0 Å². The van der Waals surface area contributed by atoms with E-state index in [1.54, 1.807) is 43.5 Å². The molecule has 1 amide bonds. The molecule has 0 aliphatic rings. The number of thioether (sulfide) groups is 1. The molecule has 4 rings (SSSR count). The topological polar surface area (TPSA) is 77.1 Å². The standard InChI is InChI=1S/C23H20ClN3O3S/c1-15(21(28)25-13-16-6-3-2-4-7-16)31-23-26-20-12-17(24)9-10-19(20)22(29)27(23)14-18-8-5-11-30-18/h2-12,15H,13-14H2,1H3,(H,25,28). The zero-order valence-corrected chi connectivity index (χ0v) is 18.3. The Morgan fingerprint density at radius 2 is 2.00 bits per heavy atom. The van der Waals surface area contributed by atoms with Gasteiger partial charge in [0.1, 0.15) is 5.76 Å². The summed E-state index contributed by atoms with van der Waals surface area (Å²) in [5, 5.41) is 3.85. The SMILES string of the molecule is CC(Sc1nc2cc(Cl)ccc2c(=O)n1Cc1ccco1)C(=O)NCc1ccccc1. The third-order valence-electron chi connectivity index (χ3n) is 4.74. The molecule has 0 aliphatic carbocycles. The quantitative estimate of drug-likeness (QED) is 0.329. The molecule has 0 bridgehead atoms. The number of fused-ring (bicyclic) bond motifs is 1. The normalized spacial score (nSPS) is 12.1. The van der Waals surface area contributed by atoms with E-state index in [0.717, 1.165) is 5.56 Å². The molecule has 0 spiro atoms. The monoisotopic (exact) mass is 453 g/mol. The van der Waals surface area contributed by atoms with Crippen LogP contribution in [0.25, 0.3) is 10.9 Å². The summed E-state index contributed by atoms with van der Waals surface area (Å²) in [7, 11) is 0. The molecule has 0 aliphatic heterocycles. The molecule has 2 heterocycles. The highest BCUT2D eigenvalue weighted by Crippen LogP contribution is 2.25. The summed E-state index contributed by atoms with van der Waals surface area (Å²) < 4.78 is 6.95. The van der Waals surface area contributed by atoms with Crippen LogP contribution in [-0.4, -0.2) is 20.7 Å². The van der Waals surface area contributed by atoms with Crippen LogP contribution in [0.5, 0.6) is 0 Å². The Bertz CT molecular complexity index is 1260. The predicted molar refractivity (Wildman–Crippen MR) is 122 cm³/mol. The van der Waals surface area contributed by atoms with Crippen molar-refractivity contribution < 1.29 is 9.21 Å². The number of nitrogens with one attached hydrogen (secondary N) is 1. The molecule has 4 aromatic rings. The minimum absolute atomic E-state index is 0.140. The van der Waals surface area contributed by atoms with Crippen molar-refractivity contribution in [2.24, 2.45) is 0 Å². The first kappa shape index (κ1) is 21.2. The lowest BCUT2D eigenvalue weighted by molar-refractivity contribution is -0.120. The molecule has 0 radical (unpaired) electrons. The Hall–Kier alpha value is -3.03. The summed E-state index contributed by atoms with van der Waals surface area (Å²) in [4.78, 5) is 30.5. The highest BCUT2D eigenvalue weighted by atomic mass is 35.5. The summed E-state index contributed by atoms with van der Waals surface area (Å²) >= 11 is 7.32. The van der Waals surface area contributed by atoms with Crippen molar-refractivity contribution >= 4 is 40.2 Å². The number of carbonyl (C=O) groups is 1. The van der Waals surface area contributed by atoms with E-state index >= 15 is 0 Å². The second kappa shape index (κ2) is 9.41. The molecule has 0 fully saturated rings. The number of hydrogen-bond acceptors (Lipinski definition) is 5. The fourth-order valence-electron chi connectivity index (χ4n) is 3.10. The molecule has 8 heteroatoms. The summed E-state index contributed by atoms with van der Waals surface area (Å²) in [6.07, 6.45) is 1.56. The van der Waals surface area contributed by atoms with E-state index in [2.05, 4.69) is 10.3 Å². The minimum Gasteiger partial charge on any atom is -0.467 e. The zero-order valence-electron chi connectivity index (χ0n) is 16.7. The first-order valence-corrected chi connectivity index (χ1v) is 11.0. The summed E-state index contributed by atoms with van der Waals surface area (Å²) in [6.45, 7) is 2.44. The number of hydrogen-bond donors (Lipinski definition) is 1. The van der Waals surface area contributed by atoms with Gasteiger partial charge in [0.15, 0.2) is 5.16 Å². The van der Waals surface area contributed by atoms with Crippen LogP contribution in [0.1, 0.15) is 18.2 Å². The number of nitrogens with zero attached hydrogens (tertiary/aromatic N) is 2. The van der Waals surface area contributed by atoms with Gasteiger partial charge in [0.25, 0.3) is 5.56 Å². The van der Waals surface area contributed by atoms with E-state index in [1.807, 2.05) is 30.3 Å². The van der Waals surface area contributed by atoms with Gasteiger partial charge in [-0.25, -0.2) is 4.98 Å². The van der Waals surface area contributed by atoms with E-state index in [-0.39, 0.29) is 18.0 Å². The highest BCUT2D eigenvalue weighted by molar-refractivity contribution is 8.00. The Balaban J connectivity index is 1.61. The van der Waals surface area contributed by atoms with E-state index in [1.165, 1.54) is 16.3 Å². The second-order valence-electron chi connectivity index (χ2n) is 6.99.